The first-order chi connectivity index (χ1) is 8.55. The number of hydrogen-bond donors (Lipinski definition) is 2. The van der Waals surface area contributed by atoms with Crippen molar-refractivity contribution < 1.29 is 14.7 Å². The summed E-state index contributed by atoms with van der Waals surface area (Å²) in [7, 11) is 0. The molecule has 3 aliphatic rings. The van der Waals surface area contributed by atoms with Crippen molar-refractivity contribution in [3.63, 3.8) is 0 Å². The number of carboxylic acids is 1. The monoisotopic (exact) mass is 315 g/mol. The second-order valence-electron chi connectivity index (χ2n) is 5.44. The van der Waals surface area contributed by atoms with E-state index in [1.54, 1.807) is 4.99 Å². The predicted molar refractivity (Wildman–Crippen MR) is 71.3 cm³/mol. The fourth-order valence-corrected chi connectivity index (χ4v) is 3.42. The Hall–Kier alpha value is -0.840. The third-order valence-corrected chi connectivity index (χ3v) is 5.03. The molecule has 0 aromatic carbocycles. The predicted octanol–water partition coefficient (Wildman–Crippen LogP) is 2.44. The van der Waals surface area contributed by atoms with Crippen LogP contribution in [0.25, 0.3) is 0 Å². The van der Waals surface area contributed by atoms with Crippen molar-refractivity contribution in [3.05, 3.63) is 11.1 Å². The molecule has 0 unspecified atom stereocenters. The van der Waals surface area contributed by atoms with Gasteiger partial charge in [-0.2, -0.15) is 0 Å². The Labute approximate surface area is 115 Å². The van der Waals surface area contributed by atoms with Crippen molar-refractivity contribution in [2.75, 3.05) is 6.54 Å². The number of amides is 1. The molecule has 1 amide bonds. The quantitative estimate of drug-likeness (QED) is 0.837. The Morgan fingerprint density at radius 3 is 2.06 bits per heavy atom. The van der Waals surface area contributed by atoms with Gasteiger partial charge in [-0.05, 0) is 43.5 Å². The van der Waals surface area contributed by atoms with E-state index in [-0.39, 0.29) is 11.3 Å². The van der Waals surface area contributed by atoms with Crippen LogP contribution in [0.3, 0.4) is 0 Å². The van der Waals surface area contributed by atoms with Crippen molar-refractivity contribution in [3.8, 4) is 0 Å². The molecule has 0 spiro atoms. The van der Waals surface area contributed by atoms with E-state index in [0.29, 0.717) is 45.1 Å². The lowest BCUT2D eigenvalue weighted by molar-refractivity contribution is -0.163. The number of rotatable bonds is 4. The van der Waals surface area contributed by atoms with Gasteiger partial charge in [-0.25, -0.2) is 0 Å². The molecule has 0 heterocycles. The molecule has 0 aliphatic heterocycles. The van der Waals surface area contributed by atoms with Crippen LogP contribution >= 0.6 is 15.9 Å². The molecule has 0 atom stereocenters. The van der Waals surface area contributed by atoms with Crippen LogP contribution < -0.4 is 5.32 Å². The number of carbonyl (C=O) groups excluding carboxylic acids is 1. The second-order valence-corrected chi connectivity index (χ2v) is 5.97. The van der Waals surface area contributed by atoms with E-state index in [1.165, 1.54) is 0 Å². The van der Waals surface area contributed by atoms with E-state index in [9.17, 15) is 14.7 Å². The molecule has 5 heteroatoms. The third-order valence-electron chi connectivity index (χ3n) is 4.65. The summed E-state index contributed by atoms with van der Waals surface area (Å²) in [5.74, 6) is -0.592. The number of fused-ring (bicyclic) bond motifs is 3. The fourth-order valence-electron chi connectivity index (χ4n) is 3.23. The molecule has 18 heavy (non-hydrogen) atoms. The first-order valence-electron chi connectivity index (χ1n) is 6.32. The number of nitrogens with one attached hydrogen (secondary N) is 1. The maximum Gasteiger partial charge on any atom is 0.309 e. The van der Waals surface area contributed by atoms with Crippen LogP contribution in [0.2, 0.25) is 0 Å². The van der Waals surface area contributed by atoms with Crippen LogP contribution in [0.1, 0.15) is 38.5 Å². The van der Waals surface area contributed by atoms with Crippen molar-refractivity contribution in [2.45, 2.75) is 38.5 Å². The third kappa shape index (κ3) is 2.20. The second kappa shape index (κ2) is 5.03. The average molecular weight is 316 g/mol. The van der Waals surface area contributed by atoms with Crippen LogP contribution in [0.5, 0.6) is 0 Å². The fraction of sp³-hybridized carbons (Fsp3) is 0.692. The van der Waals surface area contributed by atoms with Crippen LogP contribution in [0.15, 0.2) is 11.1 Å². The molecule has 2 bridgehead atoms. The van der Waals surface area contributed by atoms with Gasteiger partial charge in [-0.1, -0.05) is 22.0 Å². The van der Waals surface area contributed by atoms with Crippen LogP contribution in [-0.4, -0.2) is 23.5 Å². The first-order valence-corrected chi connectivity index (χ1v) is 7.23. The topological polar surface area (TPSA) is 66.4 Å². The van der Waals surface area contributed by atoms with Crippen molar-refractivity contribution in [1.82, 2.24) is 5.32 Å². The highest BCUT2D eigenvalue weighted by Gasteiger charge is 2.55. The summed E-state index contributed by atoms with van der Waals surface area (Å²) in [6.07, 6.45) is 5.90. The summed E-state index contributed by atoms with van der Waals surface area (Å²) >= 11 is 3.16. The van der Waals surface area contributed by atoms with Gasteiger partial charge in [0.05, 0.1) is 5.41 Å². The molecule has 4 nitrogen and oxygen atoms in total. The van der Waals surface area contributed by atoms with Gasteiger partial charge in [0, 0.05) is 12.0 Å². The maximum atomic E-state index is 12.2. The number of halogens is 1. The number of carboxylic acid groups (broad SMARTS) is 1. The van der Waals surface area contributed by atoms with Gasteiger partial charge in [-0.3, -0.25) is 9.59 Å². The lowest BCUT2D eigenvalue weighted by Gasteiger charge is -2.50. The Bertz CT molecular complexity index is 367. The Balaban J connectivity index is 2.00. The highest BCUT2D eigenvalue weighted by Crippen LogP contribution is 2.57. The van der Waals surface area contributed by atoms with Gasteiger partial charge in [0.25, 0.3) is 0 Å². The molecule has 0 aromatic rings. The molecule has 0 radical (unpaired) electrons. The molecule has 3 aliphatic carbocycles. The summed E-state index contributed by atoms with van der Waals surface area (Å²) in [6.45, 7) is 0.524. The molecule has 3 rings (SSSR count). The van der Waals surface area contributed by atoms with E-state index >= 15 is 0 Å². The average Bonchev–Trinajstić information content (AvgIpc) is 2.41. The van der Waals surface area contributed by atoms with Gasteiger partial charge in [0.15, 0.2) is 0 Å². The summed E-state index contributed by atoms with van der Waals surface area (Å²) in [4.78, 5) is 25.2. The Morgan fingerprint density at radius 2 is 1.61 bits per heavy atom. The standard InChI is InChI=1S/C13H18BrNO3/c14-8-1-9-15-10(16)12-2-5-13(6-3-12,7-4-12)11(17)18/h1,8H,2-7,9H2,(H,15,16)(H,17,18)/b8-1+. The number of carbonyl (C=O) groups is 2. The van der Waals surface area contributed by atoms with E-state index in [1.807, 2.05) is 6.08 Å². The summed E-state index contributed by atoms with van der Waals surface area (Å²) in [6, 6.07) is 0. The van der Waals surface area contributed by atoms with Crippen LogP contribution in [-0.2, 0) is 9.59 Å². The number of hydrogen-bond acceptors (Lipinski definition) is 2. The van der Waals surface area contributed by atoms with Crippen LogP contribution in [0.4, 0.5) is 0 Å². The molecule has 0 saturated heterocycles. The highest BCUT2D eigenvalue weighted by atomic mass is 79.9. The minimum atomic E-state index is -0.682. The SMILES string of the molecule is O=C(O)C12CCC(C(=O)NC/C=C/Br)(CC1)CC2. The molecule has 2 N–H and O–H groups in total. The maximum absolute atomic E-state index is 12.2. The summed E-state index contributed by atoms with van der Waals surface area (Å²) in [5.41, 5.74) is -0.852. The van der Waals surface area contributed by atoms with E-state index in [2.05, 4.69) is 21.2 Å². The molecule has 3 saturated carbocycles. The molecule has 3 fully saturated rings. The largest absolute Gasteiger partial charge is 0.481 e. The van der Waals surface area contributed by atoms with E-state index < -0.39 is 11.4 Å². The first kappa shape index (κ1) is 13.6. The molecular weight excluding hydrogens is 298 g/mol. The number of aliphatic carboxylic acids is 1. The minimum absolute atomic E-state index is 0.0896. The minimum Gasteiger partial charge on any atom is -0.481 e. The Morgan fingerprint density at radius 1 is 1.11 bits per heavy atom. The zero-order valence-electron chi connectivity index (χ0n) is 10.2. The van der Waals surface area contributed by atoms with Crippen molar-refractivity contribution in [2.24, 2.45) is 10.8 Å². The van der Waals surface area contributed by atoms with Crippen molar-refractivity contribution >= 4 is 27.8 Å². The van der Waals surface area contributed by atoms with E-state index in [4.69, 9.17) is 0 Å². The zero-order valence-corrected chi connectivity index (χ0v) is 11.8. The summed E-state index contributed by atoms with van der Waals surface area (Å²) < 4.78 is 0. The normalized spacial score (nSPS) is 34.7. The van der Waals surface area contributed by atoms with Gasteiger partial charge in [-0.15, -0.1) is 0 Å². The van der Waals surface area contributed by atoms with Gasteiger partial charge < -0.3 is 10.4 Å². The molecule has 0 aromatic heterocycles. The lowest BCUT2D eigenvalue weighted by atomic mass is 9.53. The van der Waals surface area contributed by atoms with Gasteiger partial charge in [0.2, 0.25) is 5.91 Å². The van der Waals surface area contributed by atoms with Gasteiger partial charge >= 0.3 is 5.97 Å². The smallest absolute Gasteiger partial charge is 0.309 e. The lowest BCUT2D eigenvalue weighted by Crippen LogP contribution is -2.52. The molecule has 100 valence electrons. The van der Waals surface area contributed by atoms with E-state index in [0.717, 1.165) is 0 Å². The zero-order chi connectivity index (χ0) is 13.2. The molecular formula is C13H18BrNO3. The van der Waals surface area contributed by atoms with Crippen LogP contribution in [0, 0.1) is 10.8 Å². The Kier molecular flexibility index (Phi) is 3.80. The summed E-state index contributed by atoms with van der Waals surface area (Å²) in [5, 5.41) is 12.2. The van der Waals surface area contributed by atoms with Gasteiger partial charge in [0.1, 0.15) is 0 Å². The highest BCUT2D eigenvalue weighted by molar-refractivity contribution is 9.11. The van der Waals surface area contributed by atoms with Crippen molar-refractivity contribution in [1.29, 1.82) is 0 Å².